The smallest absolute Gasteiger partial charge is 0.248 e. The number of nitrogens with two attached hydrogens (primary N) is 2. The van der Waals surface area contributed by atoms with Crippen molar-refractivity contribution in [1.29, 1.82) is 0 Å². The molecule has 0 saturated heterocycles. The largest absolute Gasteiger partial charge is 0.366 e. The first-order valence-corrected chi connectivity index (χ1v) is 6.52. The SMILES string of the molecule is Cl.NC(=O)c1cccc(NC(=O)C2CCCC(N)C2)c1. The van der Waals surface area contributed by atoms with E-state index < -0.39 is 5.91 Å². The highest BCUT2D eigenvalue weighted by atomic mass is 35.5. The summed E-state index contributed by atoms with van der Waals surface area (Å²) in [6.07, 6.45) is 3.57. The van der Waals surface area contributed by atoms with Crippen molar-refractivity contribution in [2.24, 2.45) is 17.4 Å². The van der Waals surface area contributed by atoms with E-state index in [4.69, 9.17) is 11.5 Å². The number of carbonyl (C=O) groups is 2. The maximum atomic E-state index is 12.1. The van der Waals surface area contributed by atoms with Gasteiger partial charge in [-0.2, -0.15) is 0 Å². The highest BCUT2D eigenvalue weighted by molar-refractivity contribution is 5.96. The molecule has 6 heteroatoms. The number of nitrogens with one attached hydrogen (secondary N) is 1. The Balaban J connectivity index is 0.00000200. The van der Waals surface area contributed by atoms with E-state index in [1.807, 2.05) is 0 Å². The second-order valence-electron chi connectivity index (χ2n) is 5.06. The van der Waals surface area contributed by atoms with E-state index in [1.54, 1.807) is 24.3 Å². The van der Waals surface area contributed by atoms with Gasteiger partial charge < -0.3 is 16.8 Å². The van der Waals surface area contributed by atoms with Crippen molar-refractivity contribution in [2.45, 2.75) is 31.7 Å². The highest BCUT2D eigenvalue weighted by Crippen LogP contribution is 2.24. The van der Waals surface area contributed by atoms with E-state index in [2.05, 4.69) is 5.32 Å². The molecule has 1 aliphatic carbocycles. The quantitative estimate of drug-likeness (QED) is 0.791. The van der Waals surface area contributed by atoms with Gasteiger partial charge in [-0.3, -0.25) is 9.59 Å². The molecule has 2 unspecified atom stereocenters. The predicted octanol–water partition coefficient (Wildman–Crippen LogP) is 1.66. The molecule has 2 rings (SSSR count). The molecule has 1 saturated carbocycles. The summed E-state index contributed by atoms with van der Waals surface area (Å²) in [7, 11) is 0. The molecule has 5 nitrogen and oxygen atoms in total. The van der Waals surface area contributed by atoms with Gasteiger partial charge in [0, 0.05) is 23.2 Å². The monoisotopic (exact) mass is 297 g/mol. The molecule has 0 spiro atoms. The Morgan fingerprint density at radius 2 is 2.00 bits per heavy atom. The average molecular weight is 298 g/mol. The Morgan fingerprint density at radius 3 is 2.65 bits per heavy atom. The molecule has 0 aromatic heterocycles. The van der Waals surface area contributed by atoms with Gasteiger partial charge >= 0.3 is 0 Å². The summed E-state index contributed by atoms with van der Waals surface area (Å²) in [4.78, 5) is 23.2. The fourth-order valence-electron chi connectivity index (χ4n) is 2.46. The molecule has 0 radical (unpaired) electrons. The zero-order chi connectivity index (χ0) is 13.8. The average Bonchev–Trinajstić information content (AvgIpc) is 2.39. The normalized spacial score (nSPS) is 21.6. The maximum absolute atomic E-state index is 12.1. The molecule has 5 N–H and O–H groups in total. The van der Waals surface area contributed by atoms with E-state index in [0.717, 1.165) is 25.7 Å². The summed E-state index contributed by atoms with van der Waals surface area (Å²) in [5.41, 5.74) is 12.1. The Morgan fingerprint density at radius 1 is 1.25 bits per heavy atom. The fourth-order valence-corrected chi connectivity index (χ4v) is 2.46. The van der Waals surface area contributed by atoms with Crippen molar-refractivity contribution in [1.82, 2.24) is 0 Å². The Labute approximate surface area is 124 Å². The molecule has 1 aromatic rings. The van der Waals surface area contributed by atoms with Gasteiger partial charge in [0.2, 0.25) is 11.8 Å². The van der Waals surface area contributed by atoms with Crippen LogP contribution in [-0.4, -0.2) is 17.9 Å². The topological polar surface area (TPSA) is 98.2 Å². The summed E-state index contributed by atoms with van der Waals surface area (Å²) >= 11 is 0. The van der Waals surface area contributed by atoms with Gasteiger partial charge in [0.15, 0.2) is 0 Å². The minimum absolute atomic E-state index is 0. The molecule has 2 amide bonds. The number of rotatable bonds is 3. The number of hydrogen-bond donors (Lipinski definition) is 3. The summed E-state index contributed by atoms with van der Waals surface area (Å²) in [6.45, 7) is 0. The van der Waals surface area contributed by atoms with Gasteiger partial charge in [-0.05, 0) is 37.5 Å². The number of benzene rings is 1. The van der Waals surface area contributed by atoms with Crippen molar-refractivity contribution < 1.29 is 9.59 Å². The van der Waals surface area contributed by atoms with Gasteiger partial charge in [0.25, 0.3) is 0 Å². The Kier molecular flexibility index (Phi) is 5.98. The number of anilines is 1. The minimum atomic E-state index is -0.504. The van der Waals surface area contributed by atoms with Crippen molar-refractivity contribution in [3.05, 3.63) is 29.8 Å². The molecule has 20 heavy (non-hydrogen) atoms. The first-order chi connectivity index (χ1) is 9.06. The molecular weight excluding hydrogens is 278 g/mol. The highest BCUT2D eigenvalue weighted by Gasteiger charge is 2.25. The van der Waals surface area contributed by atoms with E-state index in [1.165, 1.54) is 0 Å². The van der Waals surface area contributed by atoms with Crippen LogP contribution >= 0.6 is 12.4 Å². The molecule has 110 valence electrons. The van der Waals surface area contributed by atoms with Crippen molar-refractivity contribution in [2.75, 3.05) is 5.32 Å². The fraction of sp³-hybridized carbons (Fsp3) is 0.429. The summed E-state index contributed by atoms with van der Waals surface area (Å²) < 4.78 is 0. The zero-order valence-electron chi connectivity index (χ0n) is 11.2. The lowest BCUT2D eigenvalue weighted by Crippen LogP contribution is -2.34. The summed E-state index contributed by atoms with van der Waals surface area (Å²) in [6, 6.07) is 6.76. The predicted molar refractivity (Wildman–Crippen MR) is 80.8 cm³/mol. The van der Waals surface area contributed by atoms with Crippen molar-refractivity contribution in [3.63, 3.8) is 0 Å². The van der Waals surface area contributed by atoms with Crippen LogP contribution in [-0.2, 0) is 4.79 Å². The first kappa shape index (κ1) is 16.5. The zero-order valence-corrected chi connectivity index (χ0v) is 12.0. The van der Waals surface area contributed by atoms with E-state index in [9.17, 15) is 9.59 Å². The molecular formula is C14H20ClN3O2. The number of hydrogen-bond acceptors (Lipinski definition) is 3. The van der Waals surface area contributed by atoms with Gasteiger partial charge in [-0.25, -0.2) is 0 Å². The van der Waals surface area contributed by atoms with Crippen LogP contribution in [0, 0.1) is 5.92 Å². The molecule has 1 fully saturated rings. The second kappa shape index (κ2) is 7.26. The lowest BCUT2D eigenvalue weighted by atomic mass is 9.85. The van der Waals surface area contributed by atoms with Crippen LogP contribution in [0.4, 0.5) is 5.69 Å². The lowest BCUT2D eigenvalue weighted by molar-refractivity contribution is -0.120. The van der Waals surface area contributed by atoms with Gasteiger partial charge in [-0.1, -0.05) is 12.5 Å². The van der Waals surface area contributed by atoms with Crippen molar-refractivity contribution in [3.8, 4) is 0 Å². The molecule has 1 aliphatic rings. The summed E-state index contributed by atoms with van der Waals surface area (Å²) in [5, 5.41) is 2.83. The molecule has 0 aliphatic heterocycles. The van der Waals surface area contributed by atoms with E-state index >= 15 is 0 Å². The van der Waals surface area contributed by atoms with Crippen LogP contribution in [0.1, 0.15) is 36.0 Å². The maximum Gasteiger partial charge on any atom is 0.248 e. The van der Waals surface area contributed by atoms with Crippen LogP contribution < -0.4 is 16.8 Å². The number of amides is 2. The van der Waals surface area contributed by atoms with Crippen LogP contribution in [0.5, 0.6) is 0 Å². The number of halogens is 1. The van der Waals surface area contributed by atoms with Gasteiger partial charge in [-0.15, -0.1) is 12.4 Å². The van der Waals surface area contributed by atoms with Gasteiger partial charge in [0.1, 0.15) is 0 Å². The minimum Gasteiger partial charge on any atom is -0.366 e. The second-order valence-corrected chi connectivity index (χ2v) is 5.06. The Bertz CT molecular complexity index is 493. The van der Waals surface area contributed by atoms with Gasteiger partial charge in [0.05, 0.1) is 0 Å². The molecule has 0 heterocycles. The number of primary amides is 1. The third-order valence-electron chi connectivity index (χ3n) is 3.50. The standard InChI is InChI=1S/C14H19N3O2.ClH/c15-11-5-1-4-10(7-11)14(19)17-12-6-2-3-9(8-12)13(16)18;/h2-3,6,8,10-11H,1,4-5,7,15H2,(H2,16,18)(H,17,19);1H. The van der Waals surface area contributed by atoms with E-state index in [0.29, 0.717) is 11.3 Å². The third-order valence-corrected chi connectivity index (χ3v) is 3.50. The van der Waals surface area contributed by atoms with E-state index in [-0.39, 0.29) is 30.3 Å². The number of carbonyl (C=O) groups excluding carboxylic acids is 2. The van der Waals surface area contributed by atoms with Crippen LogP contribution in [0.2, 0.25) is 0 Å². The first-order valence-electron chi connectivity index (χ1n) is 6.52. The molecule has 2 atom stereocenters. The molecule has 0 bridgehead atoms. The third kappa shape index (κ3) is 4.21. The Hall–Kier alpha value is -1.59. The summed E-state index contributed by atoms with van der Waals surface area (Å²) in [5.74, 6) is -0.575. The molecule has 1 aromatic carbocycles. The van der Waals surface area contributed by atoms with Crippen LogP contribution in [0.25, 0.3) is 0 Å². The van der Waals surface area contributed by atoms with Crippen molar-refractivity contribution >= 4 is 29.9 Å². The lowest BCUT2D eigenvalue weighted by Gasteiger charge is -2.25. The van der Waals surface area contributed by atoms with Crippen LogP contribution in [0.15, 0.2) is 24.3 Å². The van der Waals surface area contributed by atoms with Crippen LogP contribution in [0.3, 0.4) is 0 Å².